The molecule has 1 amide bonds. The van der Waals surface area contributed by atoms with Crippen LogP contribution < -0.4 is 10.5 Å². The first-order valence-electron chi connectivity index (χ1n) is 3.78. The van der Waals surface area contributed by atoms with Crippen LogP contribution in [0.3, 0.4) is 0 Å². The Morgan fingerprint density at radius 3 is 2.31 bits per heavy atom. The molecule has 0 aliphatic heterocycles. The van der Waals surface area contributed by atoms with E-state index in [-0.39, 0.29) is 0 Å². The molecule has 3 heteroatoms. The number of carbonyl (C=O) groups excluding carboxylic acids is 1. The van der Waals surface area contributed by atoms with E-state index in [1.165, 1.54) is 0 Å². The second-order valence-corrected chi connectivity index (χ2v) is 2.57. The van der Waals surface area contributed by atoms with Crippen molar-refractivity contribution in [2.75, 3.05) is 7.11 Å². The molecule has 0 aliphatic carbocycles. The molecule has 0 bridgehead atoms. The van der Waals surface area contributed by atoms with E-state index in [9.17, 15) is 4.79 Å². The Morgan fingerprint density at radius 1 is 1.38 bits per heavy atom. The molecule has 3 nitrogen and oxygen atoms in total. The predicted octanol–water partition coefficient (Wildman–Crippen LogP) is 1.19. The molecule has 13 heavy (non-hydrogen) atoms. The molecule has 0 aromatic heterocycles. The summed E-state index contributed by atoms with van der Waals surface area (Å²) in [6, 6.07) is 6.99. The Morgan fingerprint density at radius 2 is 1.92 bits per heavy atom. The summed E-state index contributed by atoms with van der Waals surface area (Å²) < 4.78 is 4.96. The van der Waals surface area contributed by atoms with Gasteiger partial charge >= 0.3 is 0 Å². The van der Waals surface area contributed by atoms with E-state index >= 15 is 0 Å². The Balaban J connectivity index is 2.92. The van der Waals surface area contributed by atoms with Crippen LogP contribution in [0.25, 0.3) is 5.57 Å². The van der Waals surface area contributed by atoms with E-state index in [2.05, 4.69) is 6.58 Å². The molecule has 1 aromatic carbocycles. The molecule has 0 radical (unpaired) electrons. The van der Waals surface area contributed by atoms with Crippen LogP contribution in [0.1, 0.15) is 5.56 Å². The highest BCUT2D eigenvalue weighted by molar-refractivity contribution is 6.17. The first-order chi connectivity index (χ1) is 6.15. The van der Waals surface area contributed by atoms with Gasteiger partial charge in [0.1, 0.15) is 5.75 Å². The fourth-order valence-corrected chi connectivity index (χ4v) is 0.934. The number of nitrogens with two attached hydrogens (primary N) is 1. The molecule has 0 saturated carbocycles. The minimum absolute atomic E-state index is 0.308. The highest BCUT2D eigenvalue weighted by Gasteiger charge is 2.04. The van der Waals surface area contributed by atoms with Gasteiger partial charge < -0.3 is 10.5 Å². The van der Waals surface area contributed by atoms with Crippen molar-refractivity contribution in [2.24, 2.45) is 5.73 Å². The van der Waals surface area contributed by atoms with Crippen LogP contribution in [0.5, 0.6) is 5.75 Å². The number of methoxy groups -OCH3 is 1. The zero-order chi connectivity index (χ0) is 9.84. The largest absolute Gasteiger partial charge is 0.497 e. The summed E-state index contributed by atoms with van der Waals surface area (Å²) in [4.78, 5) is 10.7. The van der Waals surface area contributed by atoms with E-state index in [4.69, 9.17) is 10.5 Å². The number of primary amides is 1. The molecule has 1 aromatic rings. The van der Waals surface area contributed by atoms with Crippen LogP contribution in [0, 0.1) is 0 Å². The quantitative estimate of drug-likeness (QED) is 0.705. The second kappa shape index (κ2) is 3.76. The SMILES string of the molecule is C=C(C(N)=O)c1ccc(OC)cc1. The number of ether oxygens (including phenoxy) is 1. The lowest BCUT2D eigenvalue weighted by molar-refractivity contribution is -0.112. The molecule has 2 N–H and O–H groups in total. The maximum Gasteiger partial charge on any atom is 0.248 e. The molecular formula is C10H11NO2. The zero-order valence-corrected chi connectivity index (χ0v) is 7.41. The number of rotatable bonds is 3. The highest BCUT2D eigenvalue weighted by Crippen LogP contribution is 2.16. The summed E-state index contributed by atoms with van der Waals surface area (Å²) in [5.41, 5.74) is 6.09. The van der Waals surface area contributed by atoms with Gasteiger partial charge in [-0.15, -0.1) is 0 Å². The van der Waals surface area contributed by atoms with Gasteiger partial charge in [0.2, 0.25) is 5.91 Å². The number of hydrogen-bond acceptors (Lipinski definition) is 2. The van der Waals surface area contributed by atoms with Gasteiger partial charge in [-0.05, 0) is 17.7 Å². The zero-order valence-electron chi connectivity index (χ0n) is 7.41. The third kappa shape index (κ3) is 2.08. The maximum atomic E-state index is 10.7. The lowest BCUT2D eigenvalue weighted by Crippen LogP contribution is -2.11. The van der Waals surface area contributed by atoms with Crippen LogP contribution in [0.2, 0.25) is 0 Å². The molecule has 0 saturated heterocycles. The summed E-state index contributed by atoms with van der Waals surface area (Å²) in [5.74, 6) is 0.228. The number of benzene rings is 1. The minimum atomic E-state index is -0.509. The first kappa shape index (κ1) is 9.32. The maximum absolute atomic E-state index is 10.7. The third-order valence-electron chi connectivity index (χ3n) is 1.74. The molecule has 0 atom stereocenters. The third-order valence-corrected chi connectivity index (χ3v) is 1.74. The normalized spacial score (nSPS) is 9.31. The topological polar surface area (TPSA) is 52.3 Å². The Bertz CT molecular complexity index is 327. The number of amides is 1. The van der Waals surface area contributed by atoms with Gasteiger partial charge in [0, 0.05) is 5.57 Å². The van der Waals surface area contributed by atoms with Gasteiger partial charge in [0.05, 0.1) is 7.11 Å². The van der Waals surface area contributed by atoms with E-state index < -0.39 is 5.91 Å². The van der Waals surface area contributed by atoms with Gasteiger partial charge in [-0.25, -0.2) is 0 Å². The van der Waals surface area contributed by atoms with Crippen LogP contribution >= 0.6 is 0 Å². The molecule has 0 heterocycles. The average Bonchev–Trinajstić information content (AvgIpc) is 2.17. The Labute approximate surface area is 76.8 Å². The standard InChI is InChI=1S/C10H11NO2/c1-7(10(11)12)8-3-5-9(13-2)6-4-8/h3-6H,1H2,2H3,(H2,11,12). The van der Waals surface area contributed by atoms with Crippen molar-refractivity contribution < 1.29 is 9.53 Å². The monoisotopic (exact) mass is 177 g/mol. The van der Waals surface area contributed by atoms with Crippen LogP contribution in [0.15, 0.2) is 30.8 Å². The predicted molar refractivity (Wildman–Crippen MR) is 51.2 cm³/mol. The molecule has 0 unspecified atom stereocenters. The van der Waals surface area contributed by atoms with Gasteiger partial charge in [0.15, 0.2) is 0 Å². The van der Waals surface area contributed by atoms with Crippen molar-refractivity contribution in [2.45, 2.75) is 0 Å². The van der Waals surface area contributed by atoms with Crippen molar-refractivity contribution in [1.29, 1.82) is 0 Å². The molecule has 1 rings (SSSR count). The van der Waals surface area contributed by atoms with Gasteiger partial charge in [-0.1, -0.05) is 18.7 Å². The number of hydrogen-bond donors (Lipinski definition) is 1. The molecule has 0 fully saturated rings. The van der Waals surface area contributed by atoms with Gasteiger partial charge in [-0.2, -0.15) is 0 Å². The van der Waals surface area contributed by atoms with E-state index in [1.54, 1.807) is 31.4 Å². The summed E-state index contributed by atoms with van der Waals surface area (Å²) >= 11 is 0. The first-order valence-corrected chi connectivity index (χ1v) is 3.78. The van der Waals surface area contributed by atoms with Crippen molar-refractivity contribution in [3.8, 4) is 5.75 Å². The van der Waals surface area contributed by atoms with Crippen LogP contribution in [-0.2, 0) is 4.79 Å². The van der Waals surface area contributed by atoms with Crippen molar-refractivity contribution in [1.82, 2.24) is 0 Å². The molecule has 68 valence electrons. The minimum Gasteiger partial charge on any atom is -0.497 e. The van der Waals surface area contributed by atoms with E-state index in [1.807, 2.05) is 0 Å². The van der Waals surface area contributed by atoms with Gasteiger partial charge in [-0.3, -0.25) is 4.79 Å². The van der Waals surface area contributed by atoms with E-state index in [0.29, 0.717) is 11.1 Å². The summed E-state index contributed by atoms with van der Waals surface area (Å²) in [5, 5.41) is 0. The van der Waals surface area contributed by atoms with E-state index in [0.717, 1.165) is 5.75 Å². The fraction of sp³-hybridized carbons (Fsp3) is 0.100. The molecular weight excluding hydrogens is 166 g/mol. The van der Waals surface area contributed by atoms with Crippen LogP contribution in [0.4, 0.5) is 0 Å². The Hall–Kier alpha value is -1.77. The lowest BCUT2D eigenvalue weighted by atomic mass is 10.1. The molecule has 0 aliphatic rings. The molecule has 0 spiro atoms. The van der Waals surface area contributed by atoms with Crippen molar-refractivity contribution in [3.05, 3.63) is 36.4 Å². The van der Waals surface area contributed by atoms with Crippen LogP contribution in [-0.4, -0.2) is 13.0 Å². The highest BCUT2D eigenvalue weighted by atomic mass is 16.5. The van der Waals surface area contributed by atoms with Gasteiger partial charge in [0.25, 0.3) is 0 Å². The second-order valence-electron chi connectivity index (χ2n) is 2.57. The smallest absolute Gasteiger partial charge is 0.248 e. The van der Waals surface area contributed by atoms with Crippen molar-refractivity contribution >= 4 is 11.5 Å². The lowest BCUT2D eigenvalue weighted by Gasteiger charge is -2.02. The summed E-state index contributed by atoms with van der Waals surface area (Å²) in [7, 11) is 1.58. The van der Waals surface area contributed by atoms with Crippen molar-refractivity contribution in [3.63, 3.8) is 0 Å². The fourth-order valence-electron chi connectivity index (χ4n) is 0.934. The summed E-state index contributed by atoms with van der Waals surface area (Å²) in [6.07, 6.45) is 0. The average molecular weight is 177 g/mol. The number of carbonyl (C=O) groups is 1. The Kier molecular flexibility index (Phi) is 2.69. The summed E-state index contributed by atoms with van der Waals surface area (Å²) in [6.45, 7) is 3.56.